The van der Waals surface area contributed by atoms with Gasteiger partial charge in [-0.1, -0.05) is 40.9 Å². The van der Waals surface area contributed by atoms with Gasteiger partial charge in [0.25, 0.3) is 5.91 Å². The zero-order chi connectivity index (χ0) is 21.3. The Morgan fingerprint density at radius 3 is 2.67 bits per heavy atom. The molecule has 0 radical (unpaired) electrons. The van der Waals surface area contributed by atoms with Crippen molar-refractivity contribution >= 4 is 63.7 Å². The second kappa shape index (κ2) is 8.81. The molecule has 3 aromatic rings. The van der Waals surface area contributed by atoms with Gasteiger partial charge in [-0.15, -0.1) is 11.3 Å². The largest absolute Gasteiger partial charge is 0.467 e. The minimum Gasteiger partial charge on any atom is -0.467 e. The van der Waals surface area contributed by atoms with Crippen molar-refractivity contribution in [2.75, 3.05) is 6.61 Å². The second-order valence-electron chi connectivity index (χ2n) is 6.29. The molecule has 30 heavy (non-hydrogen) atoms. The van der Waals surface area contributed by atoms with Crippen LogP contribution in [0.2, 0.25) is 15.1 Å². The molecular weight excluding hydrogens is 471 g/mol. The zero-order valence-corrected chi connectivity index (χ0v) is 18.3. The first-order chi connectivity index (χ1) is 14.5. The van der Waals surface area contributed by atoms with Gasteiger partial charge in [-0.3, -0.25) is 4.79 Å². The average molecular weight is 484 g/mol. The molecule has 0 spiro atoms. The lowest BCUT2D eigenvalue weighted by Gasteiger charge is -2.19. The van der Waals surface area contributed by atoms with Gasteiger partial charge in [0, 0.05) is 6.42 Å². The molecule has 1 unspecified atom stereocenters. The maximum atomic E-state index is 12.8. The number of carbonyl (C=O) groups is 2. The number of hydrogen-bond donors (Lipinski definition) is 0. The molecule has 10 heteroatoms. The molecule has 0 fully saturated rings. The monoisotopic (exact) mass is 482 g/mol. The Balaban J connectivity index is 1.52. The quantitative estimate of drug-likeness (QED) is 0.338. The molecule has 0 saturated carbocycles. The second-order valence-corrected chi connectivity index (χ2v) is 8.43. The van der Waals surface area contributed by atoms with Crippen LogP contribution in [0.3, 0.4) is 0 Å². The van der Waals surface area contributed by atoms with Crippen LogP contribution in [0.5, 0.6) is 0 Å². The van der Waals surface area contributed by atoms with Crippen molar-refractivity contribution in [3.8, 4) is 0 Å². The molecule has 3 heterocycles. The summed E-state index contributed by atoms with van der Waals surface area (Å²) < 4.78 is 10.6. The SMILES string of the molecule is O=C(OCC(=O)N1N=C(c2cccs2)CC1c1ccco1)c1c(Cl)ccc(Cl)c1Cl. The fourth-order valence-corrected chi connectivity index (χ4v) is 4.42. The van der Waals surface area contributed by atoms with Gasteiger partial charge in [0.05, 0.1) is 37.5 Å². The predicted molar refractivity (Wildman–Crippen MR) is 116 cm³/mol. The topological polar surface area (TPSA) is 72.1 Å². The molecule has 154 valence electrons. The summed E-state index contributed by atoms with van der Waals surface area (Å²) in [5.74, 6) is -0.770. The van der Waals surface area contributed by atoms with E-state index in [0.717, 1.165) is 10.6 Å². The molecule has 1 amide bonds. The van der Waals surface area contributed by atoms with Crippen molar-refractivity contribution in [3.63, 3.8) is 0 Å². The first-order valence-electron chi connectivity index (χ1n) is 8.73. The van der Waals surface area contributed by atoms with Crippen molar-refractivity contribution in [1.29, 1.82) is 0 Å². The summed E-state index contributed by atoms with van der Waals surface area (Å²) in [4.78, 5) is 26.3. The lowest BCUT2D eigenvalue weighted by atomic mass is 10.1. The maximum absolute atomic E-state index is 12.8. The molecule has 1 aromatic carbocycles. The number of thiophene rings is 1. The van der Waals surface area contributed by atoms with Crippen LogP contribution >= 0.6 is 46.1 Å². The van der Waals surface area contributed by atoms with E-state index in [-0.39, 0.29) is 20.6 Å². The van der Waals surface area contributed by atoms with E-state index in [2.05, 4.69) is 5.10 Å². The van der Waals surface area contributed by atoms with Gasteiger partial charge >= 0.3 is 5.97 Å². The van der Waals surface area contributed by atoms with Gasteiger partial charge in [0.15, 0.2) is 6.61 Å². The fraction of sp³-hybridized carbons (Fsp3) is 0.150. The van der Waals surface area contributed by atoms with Crippen LogP contribution < -0.4 is 0 Å². The molecule has 2 aromatic heterocycles. The average Bonchev–Trinajstić information content (AvgIpc) is 3.48. The van der Waals surface area contributed by atoms with Gasteiger partial charge < -0.3 is 9.15 Å². The summed E-state index contributed by atoms with van der Waals surface area (Å²) >= 11 is 19.6. The maximum Gasteiger partial charge on any atom is 0.341 e. The van der Waals surface area contributed by atoms with Gasteiger partial charge in [0.2, 0.25) is 0 Å². The van der Waals surface area contributed by atoms with Crippen molar-refractivity contribution in [2.24, 2.45) is 5.10 Å². The molecule has 6 nitrogen and oxygen atoms in total. The van der Waals surface area contributed by atoms with Crippen LogP contribution in [-0.2, 0) is 9.53 Å². The number of amides is 1. The highest BCUT2D eigenvalue weighted by atomic mass is 35.5. The van der Waals surface area contributed by atoms with E-state index in [4.69, 9.17) is 44.0 Å². The Labute approximate surface area is 190 Å². The summed E-state index contributed by atoms with van der Waals surface area (Å²) in [6, 6.07) is 9.82. The molecular formula is C20H13Cl3N2O4S. The highest BCUT2D eigenvalue weighted by molar-refractivity contribution is 7.12. The molecule has 0 aliphatic carbocycles. The highest BCUT2D eigenvalue weighted by Gasteiger charge is 2.35. The summed E-state index contributed by atoms with van der Waals surface area (Å²) in [5.41, 5.74) is 0.664. The van der Waals surface area contributed by atoms with Crippen molar-refractivity contribution < 1.29 is 18.7 Å². The van der Waals surface area contributed by atoms with Crippen LogP contribution in [0.4, 0.5) is 0 Å². The number of ether oxygens (including phenoxy) is 1. The van der Waals surface area contributed by atoms with Gasteiger partial charge in [-0.25, -0.2) is 9.80 Å². The highest BCUT2D eigenvalue weighted by Crippen LogP contribution is 2.35. The molecule has 1 atom stereocenters. The Bertz CT molecular complexity index is 1110. The number of benzene rings is 1. The molecule has 1 aliphatic heterocycles. The van der Waals surface area contributed by atoms with Crippen molar-refractivity contribution in [1.82, 2.24) is 5.01 Å². The third-order valence-corrected chi connectivity index (χ3v) is 6.46. The van der Waals surface area contributed by atoms with Crippen LogP contribution in [0.15, 0.2) is 57.6 Å². The Kier molecular flexibility index (Phi) is 6.15. The molecule has 0 saturated heterocycles. The van der Waals surface area contributed by atoms with E-state index < -0.39 is 24.5 Å². The summed E-state index contributed by atoms with van der Waals surface area (Å²) in [5, 5.41) is 7.87. The molecule has 0 N–H and O–H groups in total. The number of furan rings is 1. The summed E-state index contributed by atoms with van der Waals surface area (Å²) in [6.45, 7) is -0.545. The van der Waals surface area contributed by atoms with Crippen LogP contribution in [-0.4, -0.2) is 29.2 Å². The number of halogens is 3. The third kappa shape index (κ3) is 4.11. The number of nitrogens with zero attached hydrogens (tertiary/aromatic N) is 2. The number of hydrogen-bond acceptors (Lipinski definition) is 6. The molecule has 1 aliphatic rings. The van der Waals surface area contributed by atoms with Gasteiger partial charge in [0.1, 0.15) is 11.8 Å². The van der Waals surface area contributed by atoms with Gasteiger partial charge in [-0.05, 0) is 35.7 Å². The lowest BCUT2D eigenvalue weighted by molar-refractivity contribution is -0.136. The zero-order valence-electron chi connectivity index (χ0n) is 15.2. The van der Waals surface area contributed by atoms with Crippen LogP contribution in [0.25, 0.3) is 0 Å². The van der Waals surface area contributed by atoms with E-state index in [1.807, 2.05) is 17.5 Å². The first kappa shape index (κ1) is 20.9. The minimum atomic E-state index is -0.850. The summed E-state index contributed by atoms with van der Waals surface area (Å²) in [7, 11) is 0. The number of rotatable bonds is 5. The van der Waals surface area contributed by atoms with Crippen molar-refractivity contribution in [3.05, 3.63) is 79.3 Å². The summed E-state index contributed by atoms with van der Waals surface area (Å²) in [6.07, 6.45) is 2.02. The van der Waals surface area contributed by atoms with E-state index >= 15 is 0 Å². The predicted octanol–water partition coefficient (Wildman–Crippen LogP) is 5.84. The standard InChI is InChI=1S/C20H13Cl3N2O4S/c21-11-5-6-12(22)19(23)18(11)20(27)29-10-17(26)25-14(15-3-1-7-28-15)9-13(24-25)16-4-2-8-30-16/h1-8,14H,9-10H2. The van der Waals surface area contributed by atoms with Crippen LogP contribution in [0, 0.1) is 0 Å². The van der Waals surface area contributed by atoms with E-state index in [0.29, 0.717) is 12.2 Å². The number of hydrazone groups is 1. The van der Waals surface area contributed by atoms with E-state index in [1.54, 1.807) is 12.1 Å². The normalized spacial score (nSPS) is 15.9. The first-order valence-corrected chi connectivity index (χ1v) is 10.7. The lowest BCUT2D eigenvalue weighted by Crippen LogP contribution is -2.31. The smallest absolute Gasteiger partial charge is 0.341 e. The Morgan fingerprint density at radius 1 is 1.17 bits per heavy atom. The minimum absolute atomic E-state index is 0.0331. The van der Waals surface area contributed by atoms with Gasteiger partial charge in [-0.2, -0.15) is 5.10 Å². The molecule has 0 bridgehead atoms. The Hall–Kier alpha value is -2.32. The third-order valence-electron chi connectivity index (χ3n) is 4.42. The van der Waals surface area contributed by atoms with Crippen LogP contribution in [0.1, 0.15) is 33.5 Å². The van der Waals surface area contributed by atoms with E-state index in [9.17, 15) is 9.59 Å². The van der Waals surface area contributed by atoms with E-state index in [1.165, 1.54) is 34.7 Å². The Morgan fingerprint density at radius 2 is 1.97 bits per heavy atom. The molecule has 4 rings (SSSR count). The fourth-order valence-electron chi connectivity index (χ4n) is 3.01. The number of carbonyl (C=O) groups excluding carboxylic acids is 2. The number of esters is 1. The van der Waals surface area contributed by atoms with Crippen molar-refractivity contribution in [2.45, 2.75) is 12.5 Å².